The summed E-state index contributed by atoms with van der Waals surface area (Å²) in [5.74, 6) is 0. The molecule has 1 N–H and O–H groups in total. The summed E-state index contributed by atoms with van der Waals surface area (Å²) in [6.07, 6.45) is 3.71. The van der Waals surface area contributed by atoms with E-state index in [0.29, 0.717) is 6.61 Å². The Kier molecular flexibility index (Phi) is 6.80. The average Bonchev–Trinajstić information content (AvgIpc) is 2.49. The Morgan fingerprint density at radius 1 is 1.40 bits per heavy atom. The lowest BCUT2D eigenvalue weighted by molar-refractivity contribution is -0.0632. The smallest absolute Gasteiger partial charge is 0.0964 e. The maximum Gasteiger partial charge on any atom is 0.0964 e. The molecule has 0 amide bonds. The normalized spacial score (nSPS) is 20.8. The standard InChI is InChI=1S/C16H24ClNO2/c1-2-18-11-16(14-8-3-4-9-15(14)17)20-12-13-7-5-6-10-19-13/h3-4,8-9,13,16,18H,2,5-7,10-12H2,1H3. The van der Waals surface area contributed by atoms with Gasteiger partial charge < -0.3 is 14.8 Å². The monoisotopic (exact) mass is 297 g/mol. The van der Waals surface area contributed by atoms with Gasteiger partial charge in [-0.2, -0.15) is 0 Å². The van der Waals surface area contributed by atoms with Gasteiger partial charge in [-0.3, -0.25) is 0 Å². The van der Waals surface area contributed by atoms with Gasteiger partial charge in [-0.25, -0.2) is 0 Å². The highest BCUT2D eigenvalue weighted by Crippen LogP contribution is 2.26. The molecule has 2 rings (SSSR count). The Labute approximate surface area is 126 Å². The topological polar surface area (TPSA) is 30.5 Å². The van der Waals surface area contributed by atoms with Gasteiger partial charge in [0.05, 0.1) is 18.8 Å². The number of benzene rings is 1. The van der Waals surface area contributed by atoms with Crippen LogP contribution in [0.2, 0.25) is 5.02 Å². The molecule has 0 saturated carbocycles. The fourth-order valence-electron chi connectivity index (χ4n) is 2.43. The number of ether oxygens (including phenoxy) is 2. The predicted octanol–water partition coefficient (Wildman–Crippen LogP) is 3.58. The van der Waals surface area contributed by atoms with Crippen molar-refractivity contribution in [1.29, 1.82) is 0 Å². The van der Waals surface area contributed by atoms with Gasteiger partial charge in [0.15, 0.2) is 0 Å². The maximum absolute atomic E-state index is 6.28. The van der Waals surface area contributed by atoms with Crippen LogP contribution in [-0.4, -0.2) is 32.4 Å². The van der Waals surface area contributed by atoms with Gasteiger partial charge in [-0.15, -0.1) is 0 Å². The van der Waals surface area contributed by atoms with Crippen LogP contribution in [0.4, 0.5) is 0 Å². The van der Waals surface area contributed by atoms with E-state index in [1.807, 2.05) is 24.3 Å². The summed E-state index contributed by atoms with van der Waals surface area (Å²) in [7, 11) is 0. The zero-order chi connectivity index (χ0) is 14.2. The van der Waals surface area contributed by atoms with E-state index >= 15 is 0 Å². The molecule has 1 aliphatic heterocycles. The van der Waals surface area contributed by atoms with Gasteiger partial charge in [-0.05, 0) is 31.9 Å². The minimum atomic E-state index is -0.0193. The zero-order valence-corrected chi connectivity index (χ0v) is 12.9. The Bertz CT molecular complexity index is 394. The summed E-state index contributed by atoms with van der Waals surface area (Å²) in [5, 5.41) is 4.10. The van der Waals surface area contributed by atoms with E-state index in [4.69, 9.17) is 21.1 Å². The minimum absolute atomic E-state index is 0.0193. The van der Waals surface area contributed by atoms with Crippen molar-refractivity contribution in [2.75, 3.05) is 26.3 Å². The molecule has 0 bridgehead atoms. The molecule has 0 aromatic heterocycles. The molecule has 20 heavy (non-hydrogen) atoms. The molecule has 0 aliphatic carbocycles. The van der Waals surface area contributed by atoms with Crippen LogP contribution in [-0.2, 0) is 9.47 Å². The lowest BCUT2D eigenvalue weighted by Crippen LogP contribution is -2.29. The van der Waals surface area contributed by atoms with Gasteiger partial charge in [0.2, 0.25) is 0 Å². The van der Waals surface area contributed by atoms with Crippen molar-refractivity contribution in [3.05, 3.63) is 34.9 Å². The minimum Gasteiger partial charge on any atom is -0.376 e. The van der Waals surface area contributed by atoms with E-state index in [0.717, 1.165) is 36.7 Å². The fourth-order valence-corrected chi connectivity index (χ4v) is 2.69. The average molecular weight is 298 g/mol. The van der Waals surface area contributed by atoms with Crippen molar-refractivity contribution in [3.8, 4) is 0 Å². The van der Waals surface area contributed by atoms with Crippen molar-refractivity contribution in [2.45, 2.75) is 38.4 Å². The molecule has 3 nitrogen and oxygen atoms in total. The molecule has 1 saturated heterocycles. The molecule has 2 atom stereocenters. The molecule has 1 aromatic rings. The molecule has 4 heteroatoms. The molecule has 1 heterocycles. The Balaban J connectivity index is 1.94. The van der Waals surface area contributed by atoms with Gasteiger partial charge in [0.1, 0.15) is 0 Å². The SMILES string of the molecule is CCNCC(OCC1CCCCO1)c1ccccc1Cl. The molecule has 1 aromatic carbocycles. The van der Waals surface area contributed by atoms with Crippen molar-refractivity contribution in [3.63, 3.8) is 0 Å². The first-order chi connectivity index (χ1) is 9.81. The molecule has 0 spiro atoms. The highest BCUT2D eigenvalue weighted by Gasteiger charge is 2.19. The molecule has 1 aliphatic rings. The van der Waals surface area contributed by atoms with Crippen molar-refractivity contribution < 1.29 is 9.47 Å². The van der Waals surface area contributed by atoms with Crippen LogP contribution in [0.25, 0.3) is 0 Å². The molecule has 1 fully saturated rings. The molecule has 2 unspecified atom stereocenters. The zero-order valence-electron chi connectivity index (χ0n) is 12.1. The Hall–Kier alpha value is -0.610. The van der Waals surface area contributed by atoms with Crippen LogP contribution in [0, 0.1) is 0 Å². The summed E-state index contributed by atoms with van der Waals surface area (Å²) < 4.78 is 11.8. The van der Waals surface area contributed by atoms with E-state index in [-0.39, 0.29) is 12.2 Å². The van der Waals surface area contributed by atoms with Crippen LogP contribution >= 0.6 is 11.6 Å². The third-order valence-electron chi connectivity index (χ3n) is 3.59. The van der Waals surface area contributed by atoms with E-state index in [1.165, 1.54) is 12.8 Å². The fraction of sp³-hybridized carbons (Fsp3) is 0.625. The molecular formula is C16H24ClNO2. The van der Waals surface area contributed by atoms with Crippen molar-refractivity contribution in [2.24, 2.45) is 0 Å². The number of hydrogen-bond acceptors (Lipinski definition) is 3. The number of hydrogen-bond donors (Lipinski definition) is 1. The summed E-state index contributed by atoms with van der Waals surface area (Å²) in [6, 6.07) is 7.89. The quantitative estimate of drug-likeness (QED) is 0.834. The van der Waals surface area contributed by atoms with E-state index in [9.17, 15) is 0 Å². The van der Waals surface area contributed by atoms with Crippen LogP contribution in [0.15, 0.2) is 24.3 Å². The lowest BCUT2D eigenvalue weighted by atomic mass is 10.1. The highest BCUT2D eigenvalue weighted by atomic mass is 35.5. The number of nitrogens with one attached hydrogen (secondary N) is 1. The van der Waals surface area contributed by atoms with Crippen molar-refractivity contribution in [1.82, 2.24) is 5.32 Å². The van der Waals surface area contributed by atoms with Gasteiger partial charge in [0.25, 0.3) is 0 Å². The first-order valence-corrected chi connectivity index (χ1v) is 7.87. The highest BCUT2D eigenvalue weighted by molar-refractivity contribution is 6.31. The molecule has 0 radical (unpaired) electrons. The largest absolute Gasteiger partial charge is 0.376 e. The Morgan fingerprint density at radius 2 is 2.25 bits per heavy atom. The van der Waals surface area contributed by atoms with Crippen LogP contribution in [0.3, 0.4) is 0 Å². The van der Waals surface area contributed by atoms with Crippen LogP contribution in [0.5, 0.6) is 0 Å². The predicted molar refractivity (Wildman–Crippen MR) is 82.3 cm³/mol. The number of likely N-dealkylation sites (N-methyl/N-ethyl adjacent to an activating group) is 1. The number of halogens is 1. The summed E-state index contributed by atoms with van der Waals surface area (Å²) in [6.45, 7) is 5.28. The van der Waals surface area contributed by atoms with E-state index in [1.54, 1.807) is 0 Å². The molecule has 112 valence electrons. The first-order valence-electron chi connectivity index (χ1n) is 7.49. The molecular weight excluding hydrogens is 274 g/mol. The van der Waals surface area contributed by atoms with E-state index < -0.39 is 0 Å². The first kappa shape index (κ1) is 15.8. The lowest BCUT2D eigenvalue weighted by Gasteiger charge is -2.26. The summed E-state index contributed by atoms with van der Waals surface area (Å²) >= 11 is 6.28. The van der Waals surface area contributed by atoms with Gasteiger partial charge >= 0.3 is 0 Å². The summed E-state index contributed by atoms with van der Waals surface area (Å²) in [5.41, 5.74) is 1.05. The second-order valence-electron chi connectivity index (χ2n) is 5.14. The van der Waals surface area contributed by atoms with Gasteiger partial charge in [0, 0.05) is 23.7 Å². The third kappa shape index (κ3) is 4.74. The summed E-state index contributed by atoms with van der Waals surface area (Å²) in [4.78, 5) is 0. The third-order valence-corrected chi connectivity index (χ3v) is 3.93. The van der Waals surface area contributed by atoms with Gasteiger partial charge in [-0.1, -0.05) is 36.7 Å². The second-order valence-corrected chi connectivity index (χ2v) is 5.55. The second kappa shape index (κ2) is 8.63. The van der Waals surface area contributed by atoms with Crippen molar-refractivity contribution >= 4 is 11.6 Å². The van der Waals surface area contributed by atoms with Crippen LogP contribution in [0.1, 0.15) is 37.9 Å². The maximum atomic E-state index is 6.28. The van der Waals surface area contributed by atoms with Crippen LogP contribution < -0.4 is 5.32 Å². The number of rotatable bonds is 7. The van der Waals surface area contributed by atoms with E-state index in [2.05, 4.69) is 12.2 Å². The Morgan fingerprint density at radius 3 is 2.95 bits per heavy atom.